The van der Waals surface area contributed by atoms with Crippen molar-refractivity contribution in [2.24, 2.45) is 11.7 Å². The number of rotatable bonds is 4. The molecule has 1 aliphatic heterocycles. The van der Waals surface area contributed by atoms with Crippen LogP contribution in [0.2, 0.25) is 0 Å². The van der Waals surface area contributed by atoms with Crippen LogP contribution < -0.4 is 11.1 Å². The summed E-state index contributed by atoms with van der Waals surface area (Å²) in [6.07, 6.45) is 3.47. The topological polar surface area (TPSA) is 98.0 Å². The highest BCUT2D eigenvalue weighted by molar-refractivity contribution is 7.91. The van der Waals surface area contributed by atoms with Crippen LogP contribution in [0.1, 0.15) is 43.1 Å². The predicted molar refractivity (Wildman–Crippen MR) is 86.6 cm³/mol. The maximum absolute atomic E-state index is 11.4. The molecule has 1 saturated heterocycles. The van der Waals surface area contributed by atoms with Crippen molar-refractivity contribution in [3.63, 3.8) is 0 Å². The average Bonchev–Trinajstić information content (AvgIpc) is 2.42. The van der Waals surface area contributed by atoms with Gasteiger partial charge in [-0.3, -0.25) is 0 Å². The third kappa shape index (κ3) is 3.76. The van der Waals surface area contributed by atoms with Crippen molar-refractivity contribution in [2.75, 3.05) is 23.4 Å². The van der Waals surface area contributed by atoms with Crippen molar-refractivity contribution in [1.29, 1.82) is 0 Å². The van der Waals surface area contributed by atoms with E-state index < -0.39 is 9.84 Å². The van der Waals surface area contributed by atoms with E-state index in [1.54, 1.807) is 0 Å². The molecule has 7 heteroatoms. The first-order valence-electron chi connectivity index (χ1n) is 7.97. The summed E-state index contributed by atoms with van der Waals surface area (Å²) in [7, 11) is -2.79. The molecule has 122 valence electrons. The fourth-order valence-electron chi connectivity index (χ4n) is 3.19. The van der Waals surface area contributed by atoms with Crippen LogP contribution in [0.5, 0.6) is 0 Å². The quantitative estimate of drug-likeness (QED) is 0.864. The minimum absolute atomic E-state index is 0.306. The Labute approximate surface area is 131 Å². The molecule has 0 unspecified atom stereocenters. The van der Waals surface area contributed by atoms with Gasteiger partial charge in [0, 0.05) is 30.3 Å². The van der Waals surface area contributed by atoms with Gasteiger partial charge in [-0.1, -0.05) is 0 Å². The minimum atomic E-state index is -2.79. The Morgan fingerprint density at radius 2 is 1.95 bits per heavy atom. The molecule has 3 rings (SSSR count). The molecule has 1 aromatic heterocycles. The van der Waals surface area contributed by atoms with Crippen LogP contribution in [-0.2, 0) is 9.84 Å². The number of aromatic nitrogens is 2. The first-order chi connectivity index (χ1) is 10.4. The molecule has 0 amide bonds. The molecule has 0 atom stereocenters. The van der Waals surface area contributed by atoms with Crippen molar-refractivity contribution in [3.8, 4) is 0 Å². The SMILES string of the molecule is Cc1nc(NCC2CCS(=O)(=O)CC2)cc(C2CC(N)C2)n1. The van der Waals surface area contributed by atoms with E-state index in [0.717, 1.165) is 49.6 Å². The summed E-state index contributed by atoms with van der Waals surface area (Å²) in [5, 5.41) is 3.36. The highest BCUT2D eigenvalue weighted by Gasteiger charge is 2.29. The molecule has 2 heterocycles. The summed E-state index contributed by atoms with van der Waals surface area (Å²) in [4.78, 5) is 8.95. The number of sulfone groups is 1. The highest BCUT2D eigenvalue weighted by Crippen LogP contribution is 2.35. The third-order valence-electron chi connectivity index (χ3n) is 4.70. The second-order valence-electron chi connectivity index (χ2n) is 6.63. The van der Waals surface area contributed by atoms with Gasteiger partial charge in [0.25, 0.3) is 0 Å². The van der Waals surface area contributed by atoms with E-state index >= 15 is 0 Å². The van der Waals surface area contributed by atoms with Crippen molar-refractivity contribution in [3.05, 3.63) is 17.6 Å². The molecule has 0 spiro atoms. The largest absolute Gasteiger partial charge is 0.370 e. The molecule has 1 aromatic rings. The van der Waals surface area contributed by atoms with Gasteiger partial charge < -0.3 is 11.1 Å². The summed E-state index contributed by atoms with van der Waals surface area (Å²) in [6.45, 7) is 2.68. The van der Waals surface area contributed by atoms with Crippen LogP contribution in [0.25, 0.3) is 0 Å². The maximum Gasteiger partial charge on any atom is 0.150 e. The fourth-order valence-corrected chi connectivity index (χ4v) is 4.77. The number of aryl methyl sites for hydroxylation is 1. The molecule has 0 bridgehead atoms. The number of nitrogens with one attached hydrogen (secondary N) is 1. The second-order valence-corrected chi connectivity index (χ2v) is 8.93. The predicted octanol–water partition coefficient (Wildman–Crippen LogP) is 1.23. The van der Waals surface area contributed by atoms with Crippen molar-refractivity contribution in [2.45, 2.75) is 44.6 Å². The van der Waals surface area contributed by atoms with Crippen LogP contribution in [0.4, 0.5) is 5.82 Å². The first-order valence-corrected chi connectivity index (χ1v) is 9.79. The molecular weight excluding hydrogens is 300 g/mol. The number of anilines is 1. The average molecular weight is 324 g/mol. The monoisotopic (exact) mass is 324 g/mol. The van der Waals surface area contributed by atoms with E-state index in [0.29, 0.717) is 29.4 Å². The third-order valence-corrected chi connectivity index (χ3v) is 6.41. The van der Waals surface area contributed by atoms with Crippen molar-refractivity contribution < 1.29 is 8.42 Å². The van der Waals surface area contributed by atoms with E-state index in [1.807, 2.05) is 13.0 Å². The van der Waals surface area contributed by atoms with Crippen molar-refractivity contribution in [1.82, 2.24) is 9.97 Å². The molecule has 22 heavy (non-hydrogen) atoms. The van der Waals surface area contributed by atoms with Crippen LogP contribution in [0.3, 0.4) is 0 Å². The summed E-state index contributed by atoms with van der Waals surface area (Å²) in [6, 6.07) is 2.32. The maximum atomic E-state index is 11.4. The first kappa shape index (κ1) is 15.7. The molecule has 2 aliphatic rings. The summed E-state index contributed by atoms with van der Waals surface area (Å²) in [5.41, 5.74) is 6.92. The second kappa shape index (κ2) is 6.12. The molecule has 1 aliphatic carbocycles. The van der Waals surface area contributed by atoms with Gasteiger partial charge in [-0.2, -0.15) is 0 Å². The molecule has 0 aromatic carbocycles. The lowest BCUT2D eigenvalue weighted by Crippen LogP contribution is -2.35. The van der Waals surface area contributed by atoms with Gasteiger partial charge in [0.1, 0.15) is 21.5 Å². The zero-order valence-electron chi connectivity index (χ0n) is 13.0. The van der Waals surface area contributed by atoms with E-state index in [9.17, 15) is 8.42 Å². The Morgan fingerprint density at radius 3 is 2.59 bits per heavy atom. The van der Waals surface area contributed by atoms with Gasteiger partial charge in [-0.25, -0.2) is 18.4 Å². The number of hydrogen-bond acceptors (Lipinski definition) is 6. The van der Waals surface area contributed by atoms with Gasteiger partial charge in [-0.15, -0.1) is 0 Å². The lowest BCUT2D eigenvalue weighted by molar-refractivity contribution is 0.344. The summed E-state index contributed by atoms with van der Waals surface area (Å²) >= 11 is 0. The fraction of sp³-hybridized carbons (Fsp3) is 0.733. The standard InChI is InChI=1S/C15H24N4O2S/c1-10-18-14(12-6-13(16)7-12)8-15(19-10)17-9-11-2-4-22(20,21)5-3-11/h8,11-13H,2-7,9,16H2,1H3,(H,17,18,19). The minimum Gasteiger partial charge on any atom is -0.370 e. The number of hydrogen-bond donors (Lipinski definition) is 2. The summed E-state index contributed by atoms with van der Waals surface area (Å²) in [5.74, 6) is 3.10. The van der Waals surface area contributed by atoms with Gasteiger partial charge in [-0.05, 0) is 38.5 Å². The smallest absolute Gasteiger partial charge is 0.150 e. The highest BCUT2D eigenvalue weighted by atomic mass is 32.2. The number of nitrogens with zero attached hydrogens (tertiary/aromatic N) is 2. The normalized spacial score (nSPS) is 28.1. The number of nitrogens with two attached hydrogens (primary N) is 1. The molecule has 3 N–H and O–H groups in total. The molecular formula is C15H24N4O2S. The van der Waals surface area contributed by atoms with E-state index in [-0.39, 0.29) is 0 Å². The van der Waals surface area contributed by atoms with Crippen LogP contribution in [0.15, 0.2) is 6.07 Å². The Morgan fingerprint density at radius 1 is 1.27 bits per heavy atom. The van der Waals surface area contributed by atoms with Gasteiger partial charge in [0.2, 0.25) is 0 Å². The Kier molecular flexibility index (Phi) is 4.36. The lowest BCUT2D eigenvalue weighted by Gasteiger charge is -2.32. The van der Waals surface area contributed by atoms with Crippen LogP contribution in [-0.4, -0.2) is 42.5 Å². The zero-order chi connectivity index (χ0) is 15.7. The van der Waals surface area contributed by atoms with Crippen molar-refractivity contribution >= 4 is 15.7 Å². The van der Waals surface area contributed by atoms with E-state index in [1.165, 1.54) is 0 Å². The van der Waals surface area contributed by atoms with Gasteiger partial charge in [0.05, 0.1) is 11.5 Å². The molecule has 2 fully saturated rings. The van der Waals surface area contributed by atoms with E-state index in [4.69, 9.17) is 5.73 Å². The van der Waals surface area contributed by atoms with Gasteiger partial charge in [0.15, 0.2) is 0 Å². The van der Waals surface area contributed by atoms with E-state index in [2.05, 4.69) is 15.3 Å². The van der Waals surface area contributed by atoms with Crippen LogP contribution >= 0.6 is 0 Å². The Hall–Kier alpha value is -1.21. The van der Waals surface area contributed by atoms with Crippen LogP contribution in [0, 0.1) is 12.8 Å². The zero-order valence-corrected chi connectivity index (χ0v) is 13.8. The van der Waals surface area contributed by atoms with Gasteiger partial charge >= 0.3 is 0 Å². The summed E-state index contributed by atoms with van der Waals surface area (Å²) < 4.78 is 22.9. The molecule has 0 radical (unpaired) electrons. The lowest BCUT2D eigenvalue weighted by atomic mass is 9.78. The Balaban J connectivity index is 1.58. The molecule has 1 saturated carbocycles. The Bertz CT molecular complexity index is 627. The molecule has 6 nitrogen and oxygen atoms in total.